The van der Waals surface area contributed by atoms with Crippen molar-refractivity contribution in [1.29, 1.82) is 5.26 Å². The summed E-state index contributed by atoms with van der Waals surface area (Å²) in [6, 6.07) is 15.8. The summed E-state index contributed by atoms with van der Waals surface area (Å²) in [6.07, 6.45) is 0. The van der Waals surface area contributed by atoms with E-state index in [4.69, 9.17) is 14.7 Å². The number of carbonyl (C=O) groups is 2. The molecule has 4 rings (SSSR count). The number of rotatable bonds is 6. The van der Waals surface area contributed by atoms with Gasteiger partial charge in [0.05, 0.1) is 42.7 Å². The van der Waals surface area contributed by atoms with Crippen LogP contribution in [-0.4, -0.2) is 49.6 Å². The lowest BCUT2D eigenvalue weighted by Gasteiger charge is -2.29. The first kappa shape index (κ1) is 21.6. The van der Waals surface area contributed by atoms with Gasteiger partial charge in [-0.25, -0.2) is 4.90 Å². The van der Waals surface area contributed by atoms with E-state index in [1.807, 2.05) is 29.2 Å². The van der Waals surface area contributed by atoms with E-state index in [0.717, 1.165) is 5.75 Å². The van der Waals surface area contributed by atoms with Gasteiger partial charge < -0.3 is 14.4 Å². The summed E-state index contributed by atoms with van der Waals surface area (Å²) in [7, 11) is 0. The lowest BCUT2D eigenvalue weighted by molar-refractivity contribution is -0.121. The maximum absolute atomic E-state index is 13.5. The van der Waals surface area contributed by atoms with Gasteiger partial charge >= 0.3 is 0 Å². The molecule has 2 aromatic carbocycles. The van der Waals surface area contributed by atoms with Crippen LogP contribution in [0.15, 0.2) is 54.2 Å². The summed E-state index contributed by atoms with van der Waals surface area (Å²) in [5.41, 5.74) is 2.33. The number of amides is 2. The zero-order chi connectivity index (χ0) is 22.7. The molecule has 2 amide bonds. The molecule has 0 N–H and O–H groups in total. The zero-order valence-corrected chi connectivity index (χ0v) is 18.2. The number of anilines is 1. The van der Waals surface area contributed by atoms with Crippen LogP contribution in [0.25, 0.3) is 5.57 Å². The van der Waals surface area contributed by atoms with Crippen molar-refractivity contribution in [2.24, 2.45) is 5.92 Å². The van der Waals surface area contributed by atoms with Crippen LogP contribution in [0.4, 0.5) is 5.69 Å². The monoisotopic (exact) mass is 431 g/mol. The summed E-state index contributed by atoms with van der Waals surface area (Å²) < 4.78 is 11.2. The summed E-state index contributed by atoms with van der Waals surface area (Å²) in [5, 5.41) is 9.06. The largest absolute Gasteiger partial charge is 0.493 e. The quantitative estimate of drug-likeness (QED) is 0.653. The molecule has 2 aliphatic heterocycles. The van der Waals surface area contributed by atoms with Crippen LogP contribution in [0.1, 0.15) is 25.0 Å². The SMILES string of the molecule is CC(C)COc1ccc(C2=C(N3CCOCC3)C(=O)N(c3ccc(C#N)cc3)C2=O)cc1. The first-order chi connectivity index (χ1) is 15.5. The highest BCUT2D eigenvalue weighted by atomic mass is 16.5. The second-order valence-electron chi connectivity index (χ2n) is 8.16. The number of benzene rings is 2. The fourth-order valence-electron chi connectivity index (χ4n) is 3.76. The van der Waals surface area contributed by atoms with Gasteiger partial charge in [0.15, 0.2) is 0 Å². The Morgan fingerprint density at radius 2 is 1.66 bits per heavy atom. The Balaban J connectivity index is 1.71. The standard InChI is InChI=1S/C25H25N3O4/c1-17(2)16-32-21-9-5-19(6-10-21)22-23(27-11-13-31-14-12-27)25(30)28(24(22)29)20-7-3-18(15-26)4-8-20/h3-10,17H,11-14,16H2,1-2H3. The topological polar surface area (TPSA) is 82.9 Å². The summed E-state index contributed by atoms with van der Waals surface area (Å²) in [5.74, 6) is 0.380. The Kier molecular flexibility index (Phi) is 6.24. The van der Waals surface area contributed by atoms with Crippen molar-refractivity contribution < 1.29 is 19.1 Å². The molecule has 2 aliphatic rings. The molecular weight excluding hydrogens is 406 g/mol. The number of hydrogen-bond acceptors (Lipinski definition) is 6. The Morgan fingerprint density at radius 3 is 2.25 bits per heavy atom. The predicted octanol–water partition coefficient (Wildman–Crippen LogP) is 3.21. The summed E-state index contributed by atoms with van der Waals surface area (Å²) in [6.45, 7) is 6.82. The highest BCUT2D eigenvalue weighted by molar-refractivity contribution is 6.45. The van der Waals surface area contributed by atoms with Crippen LogP contribution in [0, 0.1) is 17.2 Å². The fourth-order valence-corrected chi connectivity index (χ4v) is 3.76. The van der Waals surface area contributed by atoms with E-state index in [0.29, 0.717) is 66.9 Å². The first-order valence-corrected chi connectivity index (χ1v) is 10.7. The molecule has 164 valence electrons. The lowest BCUT2D eigenvalue weighted by Crippen LogP contribution is -2.40. The molecule has 0 bridgehead atoms. The van der Waals surface area contributed by atoms with E-state index >= 15 is 0 Å². The molecule has 1 fully saturated rings. The third-order valence-electron chi connectivity index (χ3n) is 5.37. The van der Waals surface area contributed by atoms with Crippen molar-refractivity contribution >= 4 is 23.1 Å². The van der Waals surface area contributed by atoms with Crippen LogP contribution in [0.3, 0.4) is 0 Å². The van der Waals surface area contributed by atoms with Crippen LogP contribution in [-0.2, 0) is 14.3 Å². The second kappa shape index (κ2) is 9.25. The number of nitriles is 1. The van der Waals surface area contributed by atoms with Gasteiger partial charge in [0.1, 0.15) is 11.4 Å². The van der Waals surface area contributed by atoms with Gasteiger partial charge in [-0.15, -0.1) is 0 Å². The summed E-state index contributed by atoms with van der Waals surface area (Å²) >= 11 is 0. The number of ether oxygens (including phenoxy) is 2. The van der Waals surface area contributed by atoms with Crippen LogP contribution < -0.4 is 9.64 Å². The average Bonchev–Trinajstić information content (AvgIpc) is 3.08. The second-order valence-corrected chi connectivity index (χ2v) is 8.16. The van der Waals surface area contributed by atoms with E-state index in [9.17, 15) is 9.59 Å². The van der Waals surface area contributed by atoms with E-state index in [2.05, 4.69) is 19.9 Å². The van der Waals surface area contributed by atoms with Gasteiger partial charge in [-0.1, -0.05) is 26.0 Å². The summed E-state index contributed by atoms with van der Waals surface area (Å²) in [4.78, 5) is 30.1. The molecule has 7 nitrogen and oxygen atoms in total. The lowest BCUT2D eigenvalue weighted by atomic mass is 10.0. The third-order valence-corrected chi connectivity index (χ3v) is 5.37. The Labute approximate surface area is 187 Å². The highest BCUT2D eigenvalue weighted by Crippen LogP contribution is 2.35. The maximum Gasteiger partial charge on any atom is 0.282 e. The van der Waals surface area contributed by atoms with E-state index in [1.165, 1.54) is 4.90 Å². The minimum absolute atomic E-state index is 0.364. The number of carbonyl (C=O) groups excluding carboxylic acids is 2. The third kappa shape index (κ3) is 4.23. The smallest absolute Gasteiger partial charge is 0.282 e. The van der Waals surface area contributed by atoms with E-state index in [-0.39, 0.29) is 11.8 Å². The maximum atomic E-state index is 13.5. The van der Waals surface area contributed by atoms with Crippen LogP contribution >= 0.6 is 0 Å². The molecule has 0 atom stereocenters. The van der Waals surface area contributed by atoms with Crippen molar-refractivity contribution in [3.8, 4) is 11.8 Å². The van der Waals surface area contributed by atoms with Crippen molar-refractivity contribution in [2.45, 2.75) is 13.8 Å². The Morgan fingerprint density at radius 1 is 1.00 bits per heavy atom. The normalized spacial score (nSPS) is 16.7. The molecule has 0 aliphatic carbocycles. The molecule has 1 saturated heterocycles. The van der Waals surface area contributed by atoms with Gasteiger partial charge in [-0.3, -0.25) is 9.59 Å². The van der Waals surface area contributed by atoms with Gasteiger partial charge in [-0.2, -0.15) is 5.26 Å². The van der Waals surface area contributed by atoms with Crippen molar-refractivity contribution in [2.75, 3.05) is 37.8 Å². The number of nitrogens with zero attached hydrogens (tertiary/aromatic N) is 3. The minimum atomic E-state index is -0.378. The molecule has 0 spiro atoms. The molecule has 0 saturated carbocycles. The van der Waals surface area contributed by atoms with Crippen molar-refractivity contribution in [1.82, 2.24) is 4.90 Å². The average molecular weight is 431 g/mol. The van der Waals surface area contributed by atoms with Crippen LogP contribution in [0.5, 0.6) is 5.75 Å². The number of morpholine rings is 1. The highest BCUT2D eigenvalue weighted by Gasteiger charge is 2.42. The molecule has 0 radical (unpaired) electrons. The Hall–Kier alpha value is -3.63. The number of hydrogen-bond donors (Lipinski definition) is 0. The van der Waals surface area contributed by atoms with E-state index in [1.54, 1.807) is 24.3 Å². The van der Waals surface area contributed by atoms with Crippen molar-refractivity contribution in [3.05, 3.63) is 65.4 Å². The first-order valence-electron chi connectivity index (χ1n) is 10.7. The van der Waals surface area contributed by atoms with Gasteiger partial charge in [0, 0.05) is 13.1 Å². The Bertz CT molecular complexity index is 1080. The fraction of sp³-hybridized carbons (Fsp3) is 0.320. The molecule has 7 heteroatoms. The molecule has 0 unspecified atom stereocenters. The van der Waals surface area contributed by atoms with Gasteiger partial charge in [0.25, 0.3) is 11.8 Å². The van der Waals surface area contributed by atoms with Crippen molar-refractivity contribution in [3.63, 3.8) is 0 Å². The molecular formula is C25H25N3O4. The zero-order valence-electron chi connectivity index (χ0n) is 18.2. The van der Waals surface area contributed by atoms with Crippen LogP contribution in [0.2, 0.25) is 0 Å². The minimum Gasteiger partial charge on any atom is -0.493 e. The molecule has 2 heterocycles. The predicted molar refractivity (Wildman–Crippen MR) is 120 cm³/mol. The molecule has 0 aromatic heterocycles. The molecule has 2 aromatic rings. The molecule has 32 heavy (non-hydrogen) atoms. The van der Waals surface area contributed by atoms with E-state index < -0.39 is 0 Å². The van der Waals surface area contributed by atoms with Gasteiger partial charge in [-0.05, 0) is 47.9 Å². The number of imide groups is 1. The van der Waals surface area contributed by atoms with Gasteiger partial charge in [0.2, 0.25) is 0 Å².